The third-order valence-corrected chi connectivity index (χ3v) is 2.01. The van der Waals surface area contributed by atoms with E-state index in [-0.39, 0.29) is 13.0 Å². The maximum atomic E-state index is 11.1. The van der Waals surface area contributed by atoms with Gasteiger partial charge in [0.15, 0.2) is 0 Å². The van der Waals surface area contributed by atoms with Crippen molar-refractivity contribution in [2.24, 2.45) is 0 Å². The molecular weight excluding hydrogens is 210 g/mol. The second-order valence-electron chi connectivity index (χ2n) is 3.36. The van der Waals surface area contributed by atoms with Crippen LogP contribution in [-0.4, -0.2) is 22.2 Å². The van der Waals surface area contributed by atoms with E-state index >= 15 is 0 Å². The molecule has 3 N–H and O–H groups in total. The van der Waals surface area contributed by atoms with Crippen LogP contribution in [0.3, 0.4) is 0 Å². The Kier molecular flexibility index (Phi) is 4.28. The summed E-state index contributed by atoms with van der Waals surface area (Å²) in [6, 6.07) is 9.11. The third kappa shape index (κ3) is 4.29. The number of carbonyl (C=O) groups is 1. The zero-order chi connectivity index (χ0) is 12.0. The van der Waals surface area contributed by atoms with E-state index in [4.69, 9.17) is 14.9 Å². The van der Waals surface area contributed by atoms with Crippen LogP contribution >= 0.6 is 0 Å². The molecule has 0 saturated carbocycles. The number of amides is 1. The molecule has 1 aromatic rings. The molecule has 1 amide bonds. The maximum absolute atomic E-state index is 11.1. The Morgan fingerprint density at radius 2 is 2.00 bits per heavy atom. The molecule has 0 saturated heterocycles. The summed E-state index contributed by atoms with van der Waals surface area (Å²) in [5.41, 5.74) is 0.829. The SMILES string of the molecule is CCC(O)(O)NC(=O)OCc1ccccc1. The topological polar surface area (TPSA) is 78.8 Å². The lowest BCUT2D eigenvalue weighted by Crippen LogP contribution is -2.47. The Morgan fingerprint density at radius 3 is 2.56 bits per heavy atom. The van der Waals surface area contributed by atoms with E-state index in [0.29, 0.717) is 0 Å². The van der Waals surface area contributed by atoms with Crippen molar-refractivity contribution in [3.05, 3.63) is 35.9 Å². The molecule has 1 aromatic carbocycles. The first-order chi connectivity index (χ1) is 7.53. The number of ether oxygens (including phenoxy) is 1. The van der Waals surface area contributed by atoms with Crippen molar-refractivity contribution in [2.45, 2.75) is 25.9 Å². The average Bonchev–Trinajstić information content (AvgIpc) is 2.27. The second kappa shape index (κ2) is 5.48. The monoisotopic (exact) mass is 225 g/mol. The highest BCUT2D eigenvalue weighted by Crippen LogP contribution is 2.03. The van der Waals surface area contributed by atoms with Crippen molar-refractivity contribution in [1.82, 2.24) is 5.32 Å². The van der Waals surface area contributed by atoms with E-state index in [1.807, 2.05) is 23.5 Å². The Bertz CT molecular complexity index is 337. The van der Waals surface area contributed by atoms with Crippen LogP contribution in [0.2, 0.25) is 0 Å². The van der Waals surface area contributed by atoms with Crippen molar-refractivity contribution in [3.63, 3.8) is 0 Å². The molecule has 0 unspecified atom stereocenters. The molecule has 0 radical (unpaired) electrons. The molecule has 1 rings (SSSR count). The number of rotatable bonds is 4. The molecule has 5 nitrogen and oxygen atoms in total. The first-order valence-electron chi connectivity index (χ1n) is 4.97. The number of benzene rings is 1. The Labute approximate surface area is 93.7 Å². The van der Waals surface area contributed by atoms with Crippen LogP contribution in [0.5, 0.6) is 0 Å². The predicted octanol–water partition coefficient (Wildman–Crippen LogP) is 0.961. The van der Waals surface area contributed by atoms with E-state index in [1.165, 1.54) is 6.92 Å². The minimum absolute atomic E-state index is 0.0204. The van der Waals surface area contributed by atoms with Gasteiger partial charge < -0.3 is 14.9 Å². The normalized spacial score (nSPS) is 10.9. The van der Waals surface area contributed by atoms with Crippen LogP contribution < -0.4 is 5.32 Å². The van der Waals surface area contributed by atoms with Crippen molar-refractivity contribution in [1.29, 1.82) is 0 Å². The molecule has 0 fully saturated rings. The summed E-state index contributed by atoms with van der Waals surface area (Å²) in [5.74, 6) is -2.21. The molecule has 88 valence electrons. The van der Waals surface area contributed by atoms with E-state index < -0.39 is 12.0 Å². The number of hydrogen-bond donors (Lipinski definition) is 3. The Morgan fingerprint density at radius 1 is 1.38 bits per heavy atom. The molecule has 0 aromatic heterocycles. The molecule has 0 atom stereocenters. The van der Waals surface area contributed by atoms with Gasteiger partial charge in [0.2, 0.25) is 5.91 Å². The lowest BCUT2D eigenvalue weighted by Gasteiger charge is -2.20. The molecule has 5 heteroatoms. The van der Waals surface area contributed by atoms with Crippen molar-refractivity contribution < 1.29 is 19.7 Å². The van der Waals surface area contributed by atoms with Gasteiger partial charge in [-0.2, -0.15) is 0 Å². The van der Waals surface area contributed by atoms with Gasteiger partial charge in [-0.3, -0.25) is 5.32 Å². The minimum atomic E-state index is -2.21. The fraction of sp³-hybridized carbons (Fsp3) is 0.364. The highest BCUT2D eigenvalue weighted by molar-refractivity contribution is 5.67. The predicted molar refractivity (Wildman–Crippen MR) is 57.2 cm³/mol. The lowest BCUT2D eigenvalue weighted by molar-refractivity contribution is -0.180. The standard InChI is InChI=1S/C11H15NO4/c1-2-11(14,15)12-10(13)16-8-9-6-4-3-5-7-9/h3-7,14-15H,2,8H2,1H3,(H,12,13). The van der Waals surface area contributed by atoms with Gasteiger partial charge in [0.1, 0.15) is 6.61 Å². The summed E-state index contributed by atoms with van der Waals surface area (Å²) in [6.07, 6.45) is -0.885. The summed E-state index contributed by atoms with van der Waals surface area (Å²) in [4.78, 5) is 11.1. The van der Waals surface area contributed by atoms with Crippen LogP contribution in [0.15, 0.2) is 30.3 Å². The van der Waals surface area contributed by atoms with Crippen LogP contribution in [0.4, 0.5) is 4.79 Å². The molecule has 0 heterocycles. The summed E-state index contributed by atoms with van der Waals surface area (Å²) in [5, 5.41) is 20.2. The van der Waals surface area contributed by atoms with Gasteiger partial charge in [-0.05, 0) is 5.56 Å². The number of nitrogens with one attached hydrogen (secondary N) is 1. The maximum Gasteiger partial charge on any atom is 0.411 e. The second-order valence-corrected chi connectivity index (χ2v) is 3.36. The summed E-state index contributed by atoms with van der Waals surface area (Å²) in [6.45, 7) is 1.62. The molecular formula is C11H15NO4. The van der Waals surface area contributed by atoms with Gasteiger partial charge in [-0.25, -0.2) is 4.79 Å². The quantitative estimate of drug-likeness (QED) is 0.667. The first kappa shape index (κ1) is 12.5. The molecule has 0 aliphatic carbocycles. The fourth-order valence-corrected chi connectivity index (χ4v) is 1.01. The van der Waals surface area contributed by atoms with E-state index in [2.05, 4.69) is 0 Å². The smallest absolute Gasteiger partial charge is 0.411 e. The fourth-order valence-electron chi connectivity index (χ4n) is 1.01. The van der Waals surface area contributed by atoms with Gasteiger partial charge in [-0.15, -0.1) is 0 Å². The van der Waals surface area contributed by atoms with Crippen LogP contribution in [-0.2, 0) is 11.3 Å². The van der Waals surface area contributed by atoms with E-state index in [9.17, 15) is 4.79 Å². The van der Waals surface area contributed by atoms with Gasteiger partial charge in [0.25, 0.3) is 0 Å². The summed E-state index contributed by atoms with van der Waals surface area (Å²) in [7, 11) is 0. The van der Waals surface area contributed by atoms with Crippen LogP contribution in [0.25, 0.3) is 0 Å². The lowest BCUT2D eigenvalue weighted by atomic mass is 10.2. The average molecular weight is 225 g/mol. The highest BCUT2D eigenvalue weighted by Gasteiger charge is 2.23. The van der Waals surface area contributed by atoms with Gasteiger partial charge in [0.05, 0.1) is 0 Å². The minimum Gasteiger partial charge on any atom is -0.445 e. The van der Waals surface area contributed by atoms with Gasteiger partial charge in [0, 0.05) is 6.42 Å². The molecule has 0 bridgehead atoms. The van der Waals surface area contributed by atoms with Crippen LogP contribution in [0.1, 0.15) is 18.9 Å². The zero-order valence-corrected chi connectivity index (χ0v) is 9.01. The third-order valence-electron chi connectivity index (χ3n) is 2.01. The zero-order valence-electron chi connectivity index (χ0n) is 9.01. The van der Waals surface area contributed by atoms with E-state index in [1.54, 1.807) is 12.1 Å². The van der Waals surface area contributed by atoms with Crippen molar-refractivity contribution in [2.75, 3.05) is 0 Å². The van der Waals surface area contributed by atoms with Gasteiger partial charge in [-0.1, -0.05) is 37.3 Å². The highest BCUT2D eigenvalue weighted by atomic mass is 16.6. The number of hydrogen-bond acceptors (Lipinski definition) is 4. The molecule has 0 aliphatic rings. The first-order valence-corrected chi connectivity index (χ1v) is 4.97. The Balaban J connectivity index is 2.36. The van der Waals surface area contributed by atoms with Crippen molar-refractivity contribution >= 4 is 6.09 Å². The number of carbonyl (C=O) groups excluding carboxylic acids is 1. The Hall–Kier alpha value is -1.59. The van der Waals surface area contributed by atoms with Gasteiger partial charge >= 0.3 is 6.09 Å². The molecule has 16 heavy (non-hydrogen) atoms. The molecule has 0 spiro atoms. The van der Waals surface area contributed by atoms with Crippen molar-refractivity contribution in [3.8, 4) is 0 Å². The van der Waals surface area contributed by atoms with Crippen LogP contribution in [0, 0.1) is 0 Å². The number of alkyl carbamates (subject to hydrolysis) is 1. The summed E-state index contributed by atoms with van der Waals surface area (Å²) < 4.78 is 4.80. The molecule has 0 aliphatic heterocycles. The largest absolute Gasteiger partial charge is 0.445 e. The summed E-state index contributed by atoms with van der Waals surface area (Å²) >= 11 is 0. The number of aliphatic hydroxyl groups is 2. The van der Waals surface area contributed by atoms with E-state index in [0.717, 1.165) is 5.56 Å².